The molecule has 0 spiro atoms. The predicted octanol–water partition coefficient (Wildman–Crippen LogP) is 1.43. The summed E-state index contributed by atoms with van der Waals surface area (Å²) >= 11 is 0. The highest BCUT2D eigenvalue weighted by Crippen LogP contribution is 2.17. The van der Waals surface area contributed by atoms with E-state index < -0.39 is 0 Å². The third kappa shape index (κ3) is 3.40. The van der Waals surface area contributed by atoms with E-state index in [0.29, 0.717) is 18.8 Å². The summed E-state index contributed by atoms with van der Waals surface area (Å²) in [6, 6.07) is 5.89. The third-order valence-corrected chi connectivity index (χ3v) is 4.83. The lowest BCUT2D eigenvalue weighted by Gasteiger charge is -2.35. The van der Waals surface area contributed by atoms with Gasteiger partial charge in [0, 0.05) is 45.5 Å². The van der Waals surface area contributed by atoms with Gasteiger partial charge >= 0.3 is 0 Å². The number of rotatable bonds is 3. The molecule has 0 aliphatic carbocycles. The fourth-order valence-corrected chi connectivity index (χ4v) is 3.38. The van der Waals surface area contributed by atoms with Gasteiger partial charge in [-0.3, -0.25) is 4.79 Å². The molecule has 25 heavy (non-hydrogen) atoms. The highest BCUT2D eigenvalue weighted by atomic mass is 16.2. The van der Waals surface area contributed by atoms with Crippen LogP contribution < -0.4 is 9.80 Å². The van der Waals surface area contributed by atoms with E-state index in [0.717, 1.165) is 37.8 Å². The smallest absolute Gasteiger partial charge is 0.274 e. The maximum atomic E-state index is 12.7. The zero-order valence-corrected chi connectivity index (χ0v) is 14.2. The van der Waals surface area contributed by atoms with E-state index in [-0.39, 0.29) is 5.91 Å². The Labute approximate surface area is 147 Å². The molecular weight excluding hydrogens is 316 g/mol. The van der Waals surface area contributed by atoms with Crippen LogP contribution >= 0.6 is 0 Å². The number of amides is 1. The third-order valence-electron chi connectivity index (χ3n) is 4.83. The molecule has 2 aromatic heterocycles. The zero-order chi connectivity index (χ0) is 17.1. The Morgan fingerprint density at radius 1 is 0.800 bits per heavy atom. The Bertz CT molecular complexity index is 706. The van der Waals surface area contributed by atoms with E-state index >= 15 is 0 Å². The number of piperazine rings is 1. The predicted molar refractivity (Wildman–Crippen MR) is 95.8 cm³/mol. The first-order valence-electron chi connectivity index (χ1n) is 8.83. The molecule has 0 bridgehead atoms. The Hall–Kier alpha value is -2.70. The summed E-state index contributed by atoms with van der Waals surface area (Å²) in [5.74, 6) is 1.79. The molecule has 0 radical (unpaired) electrons. The molecule has 130 valence electrons. The normalized spacial score (nSPS) is 17.8. The van der Waals surface area contributed by atoms with Crippen molar-refractivity contribution in [3.63, 3.8) is 0 Å². The maximum Gasteiger partial charge on any atom is 0.274 e. The van der Waals surface area contributed by atoms with E-state index in [2.05, 4.69) is 24.8 Å². The van der Waals surface area contributed by atoms with Crippen molar-refractivity contribution < 1.29 is 4.79 Å². The first-order valence-corrected chi connectivity index (χ1v) is 8.83. The first-order chi connectivity index (χ1) is 12.3. The number of carbonyl (C=O) groups is 1. The summed E-state index contributed by atoms with van der Waals surface area (Å²) in [4.78, 5) is 32.1. The van der Waals surface area contributed by atoms with E-state index in [4.69, 9.17) is 0 Å². The Morgan fingerprint density at radius 3 is 2.20 bits per heavy atom. The van der Waals surface area contributed by atoms with Crippen LogP contribution in [-0.4, -0.2) is 65.0 Å². The van der Waals surface area contributed by atoms with E-state index in [1.807, 2.05) is 23.1 Å². The summed E-state index contributed by atoms with van der Waals surface area (Å²) in [6.07, 6.45) is 7.53. The lowest BCUT2D eigenvalue weighted by Crippen LogP contribution is -2.49. The van der Waals surface area contributed by atoms with E-state index in [1.165, 1.54) is 12.8 Å². The quantitative estimate of drug-likeness (QED) is 0.844. The maximum absolute atomic E-state index is 12.7. The number of anilines is 2. The molecule has 4 heterocycles. The van der Waals surface area contributed by atoms with E-state index in [1.54, 1.807) is 18.6 Å². The van der Waals surface area contributed by atoms with Crippen LogP contribution in [0.2, 0.25) is 0 Å². The average molecular weight is 338 g/mol. The number of hydrogen-bond acceptors (Lipinski definition) is 6. The van der Waals surface area contributed by atoms with Crippen molar-refractivity contribution in [3.05, 3.63) is 42.5 Å². The lowest BCUT2D eigenvalue weighted by atomic mass is 10.2. The van der Waals surface area contributed by atoms with Gasteiger partial charge in [-0.1, -0.05) is 6.07 Å². The topological polar surface area (TPSA) is 65.5 Å². The molecule has 0 N–H and O–H groups in total. The summed E-state index contributed by atoms with van der Waals surface area (Å²) < 4.78 is 0. The summed E-state index contributed by atoms with van der Waals surface area (Å²) in [7, 11) is 0. The fraction of sp³-hybridized carbons (Fsp3) is 0.444. The number of carbonyl (C=O) groups excluding carboxylic acids is 1. The molecule has 2 aromatic rings. The lowest BCUT2D eigenvalue weighted by molar-refractivity contribution is 0.0740. The van der Waals surface area contributed by atoms with Crippen LogP contribution in [0.4, 0.5) is 11.6 Å². The minimum atomic E-state index is -0.0406. The van der Waals surface area contributed by atoms with Crippen molar-refractivity contribution in [3.8, 4) is 0 Å². The van der Waals surface area contributed by atoms with Crippen molar-refractivity contribution >= 4 is 17.5 Å². The Balaban J connectivity index is 1.37. The highest BCUT2D eigenvalue weighted by molar-refractivity contribution is 5.92. The van der Waals surface area contributed by atoms with Crippen molar-refractivity contribution in [2.24, 2.45) is 0 Å². The van der Waals surface area contributed by atoms with Crippen LogP contribution in [0, 0.1) is 0 Å². The monoisotopic (exact) mass is 338 g/mol. The van der Waals surface area contributed by atoms with Gasteiger partial charge in [-0.2, -0.15) is 0 Å². The first kappa shape index (κ1) is 15.8. The van der Waals surface area contributed by atoms with Gasteiger partial charge in [0.05, 0.1) is 12.4 Å². The minimum absolute atomic E-state index is 0.0406. The molecule has 2 aliphatic rings. The molecule has 7 heteroatoms. The van der Waals surface area contributed by atoms with Crippen LogP contribution in [0.5, 0.6) is 0 Å². The van der Waals surface area contributed by atoms with Crippen molar-refractivity contribution in [2.75, 3.05) is 49.1 Å². The number of pyridine rings is 1. The molecule has 2 saturated heterocycles. The van der Waals surface area contributed by atoms with Gasteiger partial charge in [0.2, 0.25) is 0 Å². The van der Waals surface area contributed by atoms with Crippen molar-refractivity contribution in [2.45, 2.75) is 12.8 Å². The molecule has 7 nitrogen and oxygen atoms in total. The van der Waals surface area contributed by atoms with Crippen LogP contribution in [-0.2, 0) is 0 Å². The second-order valence-corrected chi connectivity index (χ2v) is 6.42. The minimum Gasteiger partial charge on any atom is -0.355 e. The highest BCUT2D eigenvalue weighted by Gasteiger charge is 2.24. The number of aromatic nitrogens is 3. The molecule has 0 saturated carbocycles. The molecule has 0 aromatic carbocycles. The largest absolute Gasteiger partial charge is 0.355 e. The summed E-state index contributed by atoms with van der Waals surface area (Å²) in [5.41, 5.74) is 0.425. The Kier molecular flexibility index (Phi) is 4.45. The SMILES string of the molecule is O=C(c1cnc(N2CCCC2)cn1)N1CCN(c2ccccn2)CC1. The molecule has 4 rings (SSSR count). The van der Waals surface area contributed by atoms with Gasteiger partial charge in [-0.05, 0) is 25.0 Å². The van der Waals surface area contributed by atoms with Crippen LogP contribution in [0.3, 0.4) is 0 Å². The molecule has 0 atom stereocenters. The van der Waals surface area contributed by atoms with Gasteiger partial charge in [0.1, 0.15) is 17.3 Å². The standard InChI is InChI=1S/C18H22N6O/c25-18(15-13-21-17(14-20-15)22-7-3-4-8-22)24-11-9-23(10-12-24)16-5-1-2-6-19-16/h1-2,5-6,13-14H,3-4,7-12H2. The molecular formula is C18H22N6O. The van der Waals surface area contributed by atoms with Gasteiger partial charge in [-0.15, -0.1) is 0 Å². The Morgan fingerprint density at radius 2 is 1.56 bits per heavy atom. The summed E-state index contributed by atoms with van der Waals surface area (Å²) in [6.45, 7) is 4.95. The average Bonchev–Trinajstić information content (AvgIpc) is 3.23. The van der Waals surface area contributed by atoms with Gasteiger partial charge in [-0.25, -0.2) is 15.0 Å². The fourth-order valence-electron chi connectivity index (χ4n) is 3.38. The van der Waals surface area contributed by atoms with Crippen LogP contribution in [0.25, 0.3) is 0 Å². The van der Waals surface area contributed by atoms with Gasteiger partial charge < -0.3 is 14.7 Å². The summed E-state index contributed by atoms with van der Waals surface area (Å²) in [5, 5.41) is 0. The van der Waals surface area contributed by atoms with Crippen LogP contribution in [0.15, 0.2) is 36.8 Å². The molecule has 2 aliphatic heterocycles. The number of nitrogens with zero attached hydrogens (tertiary/aromatic N) is 6. The zero-order valence-electron chi connectivity index (χ0n) is 14.2. The molecule has 1 amide bonds. The van der Waals surface area contributed by atoms with Crippen molar-refractivity contribution in [1.29, 1.82) is 0 Å². The second kappa shape index (κ2) is 7.04. The number of hydrogen-bond donors (Lipinski definition) is 0. The second-order valence-electron chi connectivity index (χ2n) is 6.42. The van der Waals surface area contributed by atoms with Gasteiger partial charge in [0.25, 0.3) is 5.91 Å². The van der Waals surface area contributed by atoms with E-state index in [9.17, 15) is 4.79 Å². The van der Waals surface area contributed by atoms with Crippen molar-refractivity contribution in [1.82, 2.24) is 19.9 Å². The molecule has 2 fully saturated rings. The molecule has 0 unspecified atom stereocenters. The van der Waals surface area contributed by atoms with Gasteiger partial charge in [0.15, 0.2) is 0 Å². The van der Waals surface area contributed by atoms with Crippen LogP contribution in [0.1, 0.15) is 23.3 Å².